The fourth-order valence-electron chi connectivity index (χ4n) is 3.49. The molecule has 0 spiro atoms. The molecule has 0 radical (unpaired) electrons. The number of carbonyl (C=O) groups excluding carboxylic acids is 1. The Morgan fingerprint density at radius 2 is 1.82 bits per heavy atom. The highest BCUT2D eigenvalue weighted by molar-refractivity contribution is 8.18. The molecule has 1 amide bonds. The summed E-state index contributed by atoms with van der Waals surface area (Å²) >= 11 is 1.31. The second-order valence-corrected chi connectivity index (χ2v) is 9.08. The Balaban J connectivity index is 1.63. The van der Waals surface area contributed by atoms with Crippen LogP contribution in [0.3, 0.4) is 0 Å². The number of carbonyl (C=O) groups is 1. The Labute approximate surface area is 196 Å². The molecule has 33 heavy (non-hydrogen) atoms. The average Bonchev–Trinajstić information content (AvgIpc) is 3.34. The highest BCUT2D eigenvalue weighted by Gasteiger charge is 2.35. The molecule has 1 aliphatic heterocycles. The van der Waals surface area contributed by atoms with Gasteiger partial charge in [0.1, 0.15) is 11.5 Å². The minimum Gasteiger partial charge on any atom is -0.457 e. The van der Waals surface area contributed by atoms with E-state index < -0.39 is 4.92 Å². The van der Waals surface area contributed by atoms with Gasteiger partial charge in [0.15, 0.2) is 5.17 Å². The summed E-state index contributed by atoms with van der Waals surface area (Å²) in [4.78, 5) is 30.5. The van der Waals surface area contributed by atoms with Gasteiger partial charge < -0.3 is 4.42 Å². The number of furan rings is 1. The van der Waals surface area contributed by atoms with Crippen molar-refractivity contribution in [3.05, 3.63) is 86.5 Å². The van der Waals surface area contributed by atoms with Crippen LogP contribution in [-0.4, -0.2) is 26.9 Å². The second-order valence-electron chi connectivity index (χ2n) is 8.07. The number of nitro groups is 1. The zero-order valence-corrected chi connectivity index (χ0v) is 19.6. The molecule has 0 saturated carbocycles. The molecular weight excluding hydrogens is 438 g/mol. The van der Waals surface area contributed by atoms with Crippen molar-refractivity contribution in [2.24, 2.45) is 4.99 Å². The van der Waals surface area contributed by atoms with Crippen molar-refractivity contribution >= 4 is 40.3 Å². The second kappa shape index (κ2) is 9.07. The van der Waals surface area contributed by atoms with Crippen LogP contribution in [0.1, 0.15) is 30.7 Å². The first-order valence-electron chi connectivity index (χ1n) is 10.5. The first kappa shape index (κ1) is 22.5. The Bertz CT molecular complexity index is 1290. The summed E-state index contributed by atoms with van der Waals surface area (Å²) in [6.07, 6.45) is 1.71. The van der Waals surface area contributed by atoms with E-state index >= 15 is 0 Å². The molecule has 0 unspecified atom stereocenters. The maximum Gasteiger partial charge on any atom is 0.269 e. The highest BCUT2D eigenvalue weighted by Crippen LogP contribution is 2.36. The van der Waals surface area contributed by atoms with Gasteiger partial charge >= 0.3 is 0 Å². The molecule has 0 aliphatic carbocycles. The molecule has 3 aromatic rings. The molecule has 0 N–H and O–H groups in total. The number of aliphatic imine (C=N–C) groups is 1. The van der Waals surface area contributed by atoms with Gasteiger partial charge in [0.25, 0.3) is 11.6 Å². The lowest BCUT2D eigenvalue weighted by atomic mass is 10.1. The van der Waals surface area contributed by atoms with Crippen LogP contribution < -0.4 is 0 Å². The van der Waals surface area contributed by atoms with Crippen LogP contribution in [0.25, 0.3) is 17.4 Å². The lowest BCUT2D eigenvalue weighted by Crippen LogP contribution is -2.35. The van der Waals surface area contributed by atoms with Crippen molar-refractivity contribution in [3.8, 4) is 11.3 Å². The Hall–Kier alpha value is -3.65. The Morgan fingerprint density at radius 1 is 1.09 bits per heavy atom. The van der Waals surface area contributed by atoms with Crippen LogP contribution in [0.4, 0.5) is 11.4 Å². The Kier molecular flexibility index (Phi) is 6.20. The predicted octanol–water partition coefficient (Wildman–Crippen LogP) is 6.48. The van der Waals surface area contributed by atoms with Crippen LogP contribution in [0.2, 0.25) is 0 Å². The van der Waals surface area contributed by atoms with E-state index in [1.807, 2.05) is 45.0 Å². The lowest BCUT2D eigenvalue weighted by molar-refractivity contribution is -0.384. The molecule has 1 aromatic heterocycles. The van der Waals surface area contributed by atoms with E-state index in [0.717, 1.165) is 22.4 Å². The van der Waals surface area contributed by atoms with E-state index in [2.05, 4.69) is 4.99 Å². The molecule has 4 rings (SSSR count). The number of hydrogen-bond acceptors (Lipinski definition) is 6. The highest BCUT2D eigenvalue weighted by atomic mass is 32.2. The molecule has 1 fully saturated rings. The van der Waals surface area contributed by atoms with Crippen molar-refractivity contribution in [2.75, 3.05) is 0 Å². The summed E-state index contributed by atoms with van der Waals surface area (Å²) in [5.41, 5.74) is 3.47. The standard InChI is InChI=1S/C25H23N3O4S/c1-15(2)27-24(29)23(33-25(27)26-18-7-5-16(3)6-8-18)14-20-10-12-22(32-20)21-11-9-19(28(30)31)13-17(21)4/h5-15H,1-4H3/b23-14+,26-25?. The smallest absolute Gasteiger partial charge is 0.269 e. The van der Waals surface area contributed by atoms with Crippen LogP contribution in [-0.2, 0) is 4.79 Å². The third-order valence-corrected chi connectivity index (χ3v) is 6.18. The van der Waals surface area contributed by atoms with Gasteiger partial charge in [-0.2, -0.15) is 0 Å². The summed E-state index contributed by atoms with van der Waals surface area (Å²) in [6.45, 7) is 7.72. The summed E-state index contributed by atoms with van der Waals surface area (Å²) < 4.78 is 5.95. The number of rotatable bonds is 5. The number of benzene rings is 2. The van der Waals surface area contributed by atoms with E-state index in [4.69, 9.17) is 4.42 Å². The quantitative estimate of drug-likeness (QED) is 0.246. The van der Waals surface area contributed by atoms with Gasteiger partial charge in [0, 0.05) is 29.8 Å². The predicted molar refractivity (Wildman–Crippen MR) is 131 cm³/mol. The minimum atomic E-state index is -0.423. The average molecular weight is 462 g/mol. The topological polar surface area (TPSA) is 89.0 Å². The molecular formula is C25H23N3O4S. The van der Waals surface area contributed by atoms with Crippen LogP contribution in [0.15, 0.2) is 68.9 Å². The molecule has 1 saturated heterocycles. The largest absolute Gasteiger partial charge is 0.457 e. The van der Waals surface area contributed by atoms with Gasteiger partial charge in [-0.25, -0.2) is 4.99 Å². The van der Waals surface area contributed by atoms with E-state index in [-0.39, 0.29) is 17.6 Å². The van der Waals surface area contributed by atoms with E-state index in [1.165, 1.54) is 23.9 Å². The molecule has 2 heterocycles. The van der Waals surface area contributed by atoms with Gasteiger partial charge in [-0.1, -0.05) is 17.7 Å². The first-order valence-corrected chi connectivity index (χ1v) is 11.3. The number of aryl methyl sites for hydroxylation is 2. The van der Waals surface area contributed by atoms with Gasteiger partial charge in [-0.3, -0.25) is 19.8 Å². The summed E-state index contributed by atoms with van der Waals surface area (Å²) in [5.74, 6) is 0.989. The number of nitrogens with zero attached hydrogens (tertiary/aromatic N) is 3. The number of amides is 1. The van der Waals surface area contributed by atoms with E-state index in [1.54, 1.807) is 36.1 Å². The zero-order valence-electron chi connectivity index (χ0n) is 18.7. The van der Waals surface area contributed by atoms with Crippen molar-refractivity contribution in [2.45, 2.75) is 33.7 Å². The van der Waals surface area contributed by atoms with Crippen LogP contribution in [0, 0.1) is 24.0 Å². The van der Waals surface area contributed by atoms with Gasteiger partial charge in [0.2, 0.25) is 0 Å². The molecule has 8 heteroatoms. The zero-order chi connectivity index (χ0) is 23.7. The summed E-state index contributed by atoms with van der Waals surface area (Å²) in [7, 11) is 0. The molecule has 2 aromatic carbocycles. The van der Waals surface area contributed by atoms with E-state index in [0.29, 0.717) is 21.6 Å². The maximum absolute atomic E-state index is 13.1. The summed E-state index contributed by atoms with van der Waals surface area (Å²) in [6, 6.07) is 16.0. The fraction of sp³-hybridized carbons (Fsp3) is 0.200. The van der Waals surface area contributed by atoms with Gasteiger partial charge in [-0.15, -0.1) is 0 Å². The summed E-state index contributed by atoms with van der Waals surface area (Å²) in [5, 5.41) is 11.6. The molecule has 0 atom stereocenters. The number of amidine groups is 1. The number of nitro benzene ring substituents is 1. The van der Waals surface area contributed by atoms with Crippen LogP contribution in [0.5, 0.6) is 0 Å². The molecule has 168 valence electrons. The third-order valence-electron chi connectivity index (χ3n) is 5.20. The molecule has 0 bridgehead atoms. The number of non-ortho nitro benzene ring substituents is 1. The Morgan fingerprint density at radius 3 is 2.45 bits per heavy atom. The van der Waals surface area contributed by atoms with Crippen molar-refractivity contribution in [1.29, 1.82) is 0 Å². The van der Waals surface area contributed by atoms with Crippen molar-refractivity contribution in [3.63, 3.8) is 0 Å². The number of thioether (sulfide) groups is 1. The lowest BCUT2D eigenvalue weighted by Gasteiger charge is -2.19. The fourth-order valence-corrected chi connectivity index (χ4v) is 4.59. The third kappa shape index (κ3) is 4.75. The minimum absolute atomic E-state index is 0.0345. The number of hydrogen-bond donors (Lipinski definition) is 0. The molecule has 7 nitrogen and oxygen atoms in total. The SMILES string of the molecule is Cc1ccc(N=C2S/C(=C/c3ccc(-c4ccc([N+](=O)[O-])cc4C)o3)C(=O)N2C(C)C)cc1. The normalized spacial score (nSPS) is 16.4. The van der Waals surface area contributed by atoms with Crippen molar-refractivity contribution < 1.29 is 14.1 Å². The maximum atomic E-state index is 13.1. The first-order chi connectivity index (χ1) is 15.7. The monoisotopic (exact) mass is 461 g/mol. The van der Waals surface area contributed by atoms with E-state index in [9.17, 15) is 14.9 Å². The van der Waals surface area contributed by atoms with Crippen LogP contribution >= 0.6 is 11.8 Å². The molecule has 1 aliphatic rings. The van der Waals surface area contributed by atoms with Gasteiger partial charge in [-0.05, 0) is 75.4 Å². The van der Waals surface area contributed by atoms with Gasteiger partial charge in [0.05, 0.1) is 15.5 Å². The van der Waals surface area contributed by atoms with Crippen molar-refractivity contribution in [1.82, 2.24) is 4.90 Å².